The normalized spacial score (nSPS) is 70.6. The molecule has 0 amide bonds. The molecule has 6 saturated carbocycles. The first kappa shape index (κ1) is 11.0. The van der Waals surface area contributed by atoms with Crippen molar-refractivity contribution in [3.8, 4) is 0 Å². The predicted molar refractivity (Wildman–Crippen MR) is 72.6 cm³/mol. The van der Waals surface area contributed by atoms with E-state index in [1.54, 1.807) is 0 Å². The van der Waals surface area contributed by atoms with Gasteiger partial charge >= 0.3 is 0 Å². The van der Waals surface area contributed by atoms with Gasteiger partial charge in [0.15, 0.2) is 0 Å². The molecule has 4 bridgehead atoms. The zero-order valence-electron chi connectivity index (χ0n) is 11.8. The summed E-state index contributed by atoms with van der Waals surface area (Å²) >= 11 is 0. The highest BCUT2D eigenvalue weighted by Gasteiger charge is 2.91. The third-order valence-corrected chi connectivity index (χ3v) is 9.18. The minimum Gasteiger partial charge on any atom is -0.303 e. The lowest BCUT2D eigenvalue weighted by atomic mass is 9.20. The van der Waals surface area contributed by atoms with Crippen LogP contribution in [0.5, 0.6) is 0 Å². The number of carbonyl (C=O) groups is 2. The minimum absolute atomic E-state index is 0.191. The second-order valence-corrected chi connectivity index (χ2v) is 8.87. The summed E-state index contributed by atoms with van der Waals surface area (Å²) in [6, 6.07) is 0. The first-order valence-electron chi connectivity index (χ1n) is 8.72. The van der Waals surface area contributed by atoms with Gasteiger partial charge in [-0.05, 0) is 85.9 Å². The fourth-order valence-electron chi connectivity index (χ4n) is 9.26. The van der Waals surface area contributed by atoms with Crippen LogP contribution < -0.4 is 0 Å². The Kier molecular flexibility index (Phi) is 1.61. The van der Waals surface area contributed by atoms with Crippen molar-refractivity contribution in [2.45, 2.75) is 38.5 Å². The third kappa shape index (κ3) is 0.717. The number of fused-ring (bicyclic) bond motifs is 15. The van der Waals surface area contributed by atoms with E-state index in [-0.39, 0.29) is 10.8 Å². The van der Waals surface area contributed by atoms with Gasteiger partial charge in [0, 0.05) is 10.8 Å². The molecule has 106 valence electrons. The summed E-state index contributed by atoms with van der Waals surface area (Å²) in [6.07, 6.45) is 10.6. The van der Waals surface area contributed by atoms with Crippen molar-refractivity contribution in [3.05, 3.63) is 0 Å². The van der Waals surface area contributed by atoms with Crippen LogP contribution in [-0.4, -0.2) is 12.6 Å². The van der Waals surface area contributed by atoms with E-state index in [2.05, 4.69) is 0 Å². The summed E-state index contributed by atoms with van der Waals surface area (Å²) in [4.78, 5) is 24.4. The number of carbonyl (C=O) groups excluding carboxylic acids is 2. The first-order valence-corrected chi connectivity index (χ1v) is 8.72. The summed E-state index contributed by atoms with van der Waals surface area (Å²) in [5.74, 6) is 5.53. The number of hydrogen-bond acceptors (Lipinski definition) is 2. The molecule has 10 atom stereocenters. The number of rotatable bonds is 2. The average Bonchev–Trinajstić information content (AvgIpc) is 3.17. The molecule has 0 spiro atoms. The van der Waals surface area contributed by atoms with Gasteiger partial charge in [0.05, 0.1) is 0 Å². The van der Waals surface area contributed by atoms with Crippen LogP contribution in [0, 0.1) is 58.2 Å². The molecule has 0 aromatic carbocycles. The summed E-state index contributed by atoms with van der Waals surface area (Å²) in [6.45, 7) is 0. The van der Waals surface area contributed by atoms with Gasteiger partial charge in [-0.25, -0.2) is 0 Å². The van der Waals surface area contributed by atoms with Crippen LogP contribution in [0.1, 0.15) is 38.5 Å². The Morgan fingerprint density at radius 1 is 0.600 bits per heavy atom. The quantitative estimate of drug-likeness (QED) is 0.723. The number of aldehydes is 2. The van der Waals surface area contributed by atoms with Gasteiger partial charge in [0.2, 0.25) is 0 Å². The summed E-state index contributed by atoms with van der Waals surface area (Å²) < 4.78 is 0. The third-order valence-electron chi connectivity index (χ3n) is 9.18. The Balaban J connectivity index is 1.56. The van der Waals surface area contributed by atoms with Crippen molar-refractivity contribution in [1.82, 2.24) is 0 Å². The summed E-state index contributed by atoms with van der Waals surface area (Å²) in [5, 5.41) is 0. The smallest absolute Gasteiger partial charge is 0.127 e. The monoisotopic (exact) mass is 270 g/mol. The number of hydrogen-bond donors (Lipinski definition) is 0. The lowest BCUT2D eigenvalue weighted by molar-refractivity contribution is -0.337. The van der Waals surface area contributed by atoms with Crippen LogP contribution in [0.2, 0.25) is 0 Å². The molecule has 0 radical (unpaired) electrons. The molecule has 0 N–H and O–H groups in total. The molecule has 0 saturated heterocycles. The molecule has 2 unspecified atom stereocenters. The highest BCUT2D eigenvalue weighted by molar-refractivity contribution is 5.83. The molecule has 6 aliphatic carbocycles. The maximum atomic E-state index is 12.2. The largest absolute Gasteiger partial charge is 0.303 e. The van der Waals surface area contributed by atoms with Crippen molar-refractivity contribution >= 4 is 12.6 Å². The highest BCUT2D eigenvalue weighted by Crippen LogP contribution is 2.91. The van der Waals surface area contributed by atoms with E-state index in [1.807, 2.05) is 0 Å². The van der Waals surface area contributed by atoms with E-state index in [0.717, 1.165) is 23.7 Å². The minimum atomic E-state index is -0.191. The molecule has 6 fully saturated rings. The van der Waals surface area contributed by atoms with E-state index in [4.69, 9.17) is 0 Å². The van der Waals surface area contributed by atoms with E-state index in [0.29, 0.717) is 23.7 Å². The maximum Gasteiger partial charge on any atom is 0.127 e. The van der Waals surface area contributed by atoms with Crippen molar-refractivity contribution < 1.29 is 9.59 Å². The molecule has 6 aliphatic rings. The fraction of sp³-hybridized carbons (Fsp3) is 0.889. The van der Waals surface area contributed by atoms with Crippen molar-refractivity contribution in [2.75, 3.05) is 0 Å². The molecular weight excluding hydrogens is 248 g/mol. The SMILES string of the molecule is O=CC12[C@@H]3[C@H]4CC[C@H](C4)[C@@H]3C1(C=O)[C@@H]1[C@H]3CC[C@H](C3)[C@@H]12. The second-order valence-electron chi connectivity index (χ2n) is 8.87. The average molecular weight is 270 g/mol. The first-order chi connectivity index (χ1) is 9.79. The molecule has 0 aromatic heterocycles. The fourth-order valence-corrected chi connectivity index (χ4v) is 9.26. The van der Waals surface area contributed by atoms with E-state index >= 15 is 0 Å². The predicted octanol–water partition coefficient (Wildman–Crippen LogP) is 2.71. The topological polar surface area (TPSA) is 34.1 Å². The van der Waals surface area contributed by atoms with Gasteiger partial charge < -0.3 is 9.59 Å². The highest BCUT2D eigenvalue weighted by atomic mass is 16.1. The van der Waals surface area contributed by atoms with Gasteiger partial charge in [-0.3, -0.25) is 0 Å². The van der Waals surface area contributed by atoms with Crippen molar-refractivity contribution in [1.29, 1.82) is 0 Å². The van der Waals surface area contributed by atoms with Gasteiger partial charge in [-0.2, -0.15) is 0 Å². The van der Waals surface area contributed by atoms with Gasteiger partial charge in [0.25, 0.3) is 0 Å². The van der Waals surface area contributed by atoms with Gasteiger partial charge in [0.1, 0.15) is 12.6 Å². The van der Waals surface area contributed by atoms with Crippen molar-refractivity contribution in [2.24, 2.45) is 58.2 Å². The molecule has 0 heterocycles. The lowest BCUT2D eigenvalue weighted by Gasteiger charge is -2.81. The lowest BCUT2D eigenvalue weighted by Crippen LogP contribution is -2.84. The molecule has 2 heteroatoms. The zero-order valence-corrected chi connectivity index (χ0v) is 11.8. The van der Waals surface area contributed by atoms with E-state index in [9.17, 15) is 9.59 Å². The molecule has 0 aliphatic heterocycles. The summed E-state index contributed by atoms with van der Waals surface area (Å²) in [7, 11) is 0. The van der Waals surface area contributed by atoms with Gasteiger partial charge in [-0.15, -0.1) is 0 Å². The Labute approximate surface area is 119 Å². The molecule has 2 nitrogen and oxygen atoms in total. The molecular formula is C18H22O2. The zero-order chi connectivity index (χ0) is 13.3. The Morgan fingerprint density at radius 3 is 1.15 bits per heavy atom. The molecule has 0 aromatic rings. The maximum absolute atomic E-state index is 12.2. The summed E-state index contributed by atoms with van der Waals surface area (Å²) in [5.41, 5.74) is -0.381. The van der Waals surface area contributed by atoms with Crippen LogP contribution in [0.4, 0.5) is 0 Å². The van der Waals surface area contributed by atoms with Crippen LogP contribution in [-0.2, 0) is 9.59 Å². The van der Waals surface area contributed by atoms with E-state index < -0.39 is 0 Å². The Bertz CT molecular complexity index is 458. The van der Waals surface area contributed by atoms with Crippen LogP contribution >= 0.6 is 0 Å². The van der Waals surface area contributed by atoms with E-state index in [1.165, 1.54) is 51.1 Å². The Hall–Kier alpha value is -0.660. The van der Waals surface area contributed by atoms with Crippen LogP contribution in [0.15, 0.2) is 0 Å². The standard InChI is InChI=1S/C18H22O2/c19-7-17-13-9-1-2-10(5-9)14(13)18(17,8-20)16-12-4-3-11(6-12)15(16)17/h7-16H,1-6H2/t9-,10+,11+,12-,13+,14-,15-,16+,17?,18?. The van der Waals surface area contributed by atoms with Crippen molar-refractivity contribution in [3.63, 3.8) is 0 Å². The van der Waals surface area contributed by atoms with Crippen LogP contribution in [0.25, 0.3) is 0 Å². The molecule has 20 heavy (non-hydrogen) atoms. The van der Waals surface area contributed by atoms with Gasteiger partial charge in [-0.1, -0.05) is 0 Å². The molecule has 6 rings (SSSR count). The second kappa shape index (κ2) is 2.94. The Morgan fingerprint density at radius 2 is 0.900 bits per heavy atom. The van der Waals surface area contributed by atoms with Crippen LogP contribution in [0.3, 0.4) is 0 Å².